The van der Waals surface area contributed by atoms with Gasteiger partial charge in [-0.15, -0.1) is 11.3 Å². The van der Waals surface area contributed by atoms with Gasteiger partial charge < -0.3 is 4.57 Å². The summed E-state index contributed by atoms with van der Waals surface area (Å²) in [4.78, 5) is 18.2. The van der Waals surface area contributed by atoms with Crippen LogP contribution in [0, 0.1) is 6.92 Å². The lowest BCUT2D eigenvalue weighted by Gasteiger charge is -2.18. The first-order valence-corrected chi connectivity index (χ1v) is 9.12. The first-order chi connectivity index (χ1) is 11.8. The standard InChI is InChI=1S/C19H23F3N2OS/c1-11(2)24-12(3)15(18(4,5)6)26-17(24)23-16(25)13-8-7-9-14(10-13)19(20,21)22/h7-11H,1-6H3. The van der Waals surface area contributed by atoms with Crippen molar-refractivity contribution in [2.24, 2.45) is 4.99 Å². The summed E-state index contributed by atoms with van der Waals surface area (Å²) in [5.41, 5.74) is -0.0158. The number of carbonyl (C=O) groups excluding carboxylic acids is 1. The van der Waals surface area contributed by atoms with Crippen LogP contribution in [0.2, 0.25) is 0 Å². The van der Waals surface area contributed by atoms with E-state index in [-0.39, 0.29) is 17.0 Å². The van der Waals surface area contributed by atoms with Crippen LogP contribution in [0.4, 0.5) is 13.2 Å². The minimum absolute atomic E-state index is 0.0708. The number of alkyl halides is 3. The molecule has 0 fully saturated rings. The third-order valence-electron chi connectivity index (χ3n) is 3.92. The second kappa shape index (κ2) is 7.02. The van der Waals surface area contributed by atoms with Crippen LogP contribution < -0.4 is 4.80 Å². The number of aromatic nitrogens is 1. The molecular formula is C19H23F3N2OS. The van der Waals surface area contributed by atoms with E-state index in [0.29, 0.717) is 4.80 Å². The topological polar surface area (TPSA) is 34.4 Å². The van der Waals surface area contributed by atoms with Gasteiger partial charge in [0.1, 0.15) is 0 Å². The van der Waals surface area contributed by atoms with E-state index in [0.717, 1.165) is 22.7 Å². The van der Waals surface area contributed by atoms with Crippen LogP contribution in [0.5, 0.6) is 0 Å². The van der Waals surface area contributed by atoms with E-state index in [1.807, 2.05) is 25.3 Å². The Hall–Kier alpha value is -1.89. The van der Waals surface area contributed by atoms with E-state index in [2.05, 4.69) is 25.8 Å². The van der Waals surface area contributed by atoms with Crippen molar-refractivity contribution in [1.29, 1.82) is 0 Å². The Morgan fingerprint density at radius 2 is 1.81 bits per heavy atom. The Kier molecular flexibility index (Phi) is 5.52. The van der Waals surface area contributed by atoms with E-state index < -0.39 is 17.6 Å². The van der Waals surface area contributed by atoms with Gasteiger partial charge in [0.2, 0.25) is 0 Å². The smallest absolute Gasteiger partial charge is 0.318 e. The molecule has 0 aliphatic carbocycles. The van der Waals surface area contributed by atoms with Gasteiger partial charge in [-0.2, -0.15) is 18.2 Å². The lowest BCUT2D eigenvalue weighted by Crippen LogP contribution is -2.20. The van der Waals surface area contributed by atoms with E-state index in [1.54, 1.807) is 0 Å². The van der Waals surface area contributed by atoms with Crippen LogP contribution in [0.1, 0.15) is 67.2 Å². The van der Waals surface area contributed by atoms with Gasteiger partial charge in [-0.1, -0.05) is 26.8 Å². The van der Waals surface area contributed by atoms with Gasteiger partial charge in [0.15, 0.2) is 4.80 Å². The summed E-state index contributed by atoms with van der Waals surface area (Å²) in [5, 5.41) is 0. The summed E-state index contributed by atoms with van der Waals surface area (Å²) in [6, 6.07) is 4.44. The summed E-state index contributed by atoms with van der Waals surface area (Å²) >= 11 is 1.41. The summed E-state index contributed by atoms with van der Waals surface area (Å²) in [6.07, 6.45) is -4.49. The van der Waals surface area contributed by atoms with E-state index in [4.69, 9.17) is 0 Å². The monoisotopic (exact) mass is 384 g/mol. The Labute approximate surface area is 155 Å². The number of halogens is 3. The maximum absolute atomic E-state index is 12.9. The molecule has 0 aliphatic heterocycles. The molecule has 0 aliphatic rings. The molecular weight excluding hydrogens is 361 g/mol. The number of nitrogens with zero attached hydrogens (tertiary/aromatic N) is 2. The van der Waals surface area contributed by atoms with Crippen molar-refractivity contribution in [3.8, 4) is 0 Å². The minimum atomic E-state index is -4.49. The molecule has 0 radical (unpaired) electrons. The van der Waals surface area contributed by atoms with Crippen LogP contribution in [-0.4, -0.2) is 10.5 Å². The average Bonchev–Trinajstić information content (AvgIpc) is 2.83. The van der Waals surface area contributed by atoms with Crippen LogP contribution in [0.3, 0.4) is 0 Å². The molecule has 1 heterocycles. The van der Waals surface area contributed by atoms with E-state index in [1.165, 1.54) is 23.5 Å². The van der Waals surface area contributed by atoms with Crippen molar-refractivity contribution >= 4 is 17.2 Å². The van der Waals surface area contributed by atoms with Crippen LogP contribution in [-0.2, 0) is 11.6 Å². The number of carbonyl (C=O) groups is 1. The average molecular weight is 384 g/mol. The van der Waals surface area contributed by atoms with Crippen molar-refractivity contribution < 1.29 is 18.0 Å². The highest BCUT2D eigenvalue weighted by atomic mass is 32.1. The van der Waals surface area contributed by atoms with Crippen molar-refractivity contribution in [2.75, 3.05) is 0 Å². The molecule has 1 amide bonds. The molecule has 0 bridgehead atoms. The summed E-state index contributed by atoms with van der Waals surface area (Å²) < 4.78 is 40.6. The Bertz CT molecular complexity index is 883. The molecule has 0 unspecified atom stereocenters. The number of benzene rings is 1. The molecule has 26 heavy (non-hydrogen) atoms. The lowest BCUT2D eigenvalue weighted by atomic mass is 9.93. The zero-order chi connectivity index (χ0) is 19.9. The molecule has 2 rings (SSSR count). The van der Waals surface area contributed by atoms with Crippen molar-refractivity contribution in [3.63, 3.8) is 0 Å². The highest BCUT2D eigenvalue weighted by Gasteiger charge is 2.31. The van der Waals surface area contributed by atoms with Crippen LogP contribution in [0.25, 0.3) is 0 Å². The first-order valence-electron chi connectivity index (χ1n) is 8.31. The van der Waals surface area contributed by atoms with Gasteiger partial charge in [-0.25, -0.2) is 0 Å². The van der Waals surface area contributed by atoms with Gasteiger partial charge >= 0.3 is 6.18 Å². The van der Waals surface area contributed by atoms with Gasteiger partial charge in [-0.05, 0) is 44.4 Å². The summed E-state index contributed by atoms with van der Waals surface area (Å²) in [5.74, 6) is -0.674. The number of amides is 1. The minimum Gasteiger partial charge on any atom is -0.318 e. The number of hydrogen-bond acceptors (Lipinski definition) is 2. The zero-order valence-electron chi connectivity index (χ0n) is 15.7. The maximum atomic E-state index is 12.9. The fourth-order valence-corrected chi connectivity index (χ4v) is 4.14. The zero-order valence-corrected chi connectivity index (χ0v) is 16.5. The van der Waals surface area contributed by atoms with Crippen molar-refractivity contribution in [2.45, 2.75) is 59.2 Å². The molecule has 0 N–H and O–H groups in total. The predicted octanol–water partition coefficient (Wildman–Crippen LogP) is 5.50. The Morgan fingerprint density at radius 1 is 1.19 bits per heavy atom. The molecule has 1 aromatic carbocycles. The predicted molar refractivity (Wildman–Crippen MR) is 97.5 cm³/mol. The summed E-state index contributed by atoms with van der Waals surface area (Å²) in [7, 11) is 0. The highest BCUT2D eigenvalue weighted by Crippen LogP contribution is 2.31. The van der Waals surface area contributed by atoms with E-state index in [9.17, 15) is 18.0 Å². The lowest BCUT2D eigenvalue weighted by molar-refractivity contribution is -0.137. The molecule has 0 spiro atoms. The first kappa shape index (κ1) is 20.4. The van der Waals surface area contributed by atoms with E-state index >= 15 is 0 Å². The number of hydrogen-bond donors (Lipinski definition) is 0. The molecule has 0 saturated carbocycles. The fourth-order valence-electron chi connectivity index (χ4n) is 2.83. The molecule has 1 aromatic heterocycles. The fraction of sp³-hybridized carbons (Fsp3) is 0.474. The molecule has 3 nitrogen and oxygen atoms in total. The molecule has 7 heteroatoms. The molecule has 0 atom stereocenters. The van der Waals surface area contributed by atoms with Gasteiger partial charge in [0.25, 0.3) is 5.91 Å². The molecule has 2 aromatic rings. The Balaban J connectivity index is 2.58. The van der Waals surface area contributed by atoms with Gasteiger partial charge in [-0.3, -0.25) is 4.79 Å². The van der Waals surface area contributed by atoms with Gasteiger partial charge in [0.05, 0.1) is 5.56 Å². The third kappa shape index (κ3) is 4.26. The SMILES string of the molecule is Cc1c(C(C)(C)C)sc(=NC(=O)c2cccc(C(F)(F)F)c2)n1C(C)C. The normalized spacial score (nSPS) is 13.5. The maximum Gasteiger partial charge on any atom is 0.416 e. The largest absolute Gasteiger partial charge is 0.416 e. The second-order valence-electron chi connectivity index (χ2n) is 7.51. The second-order valence-corrected chi connectivity index (χ2v) is 8.49. The summed E-state index contributed by atoms with van der Waals surface area (Å²) in [6.45, 7) is 12.2. The number of rotatable bonds is 2. The van der Waals surface area contributed by atoms with Crippen LogP contribution >= 0.6 is 11.3 Å². The van der Waals surface area contributed by atoms with Gasteiger partial charge in [0, 0.05) is 22.2 Å². The molecule has 142 valence electrons. The quantitative estimate of drug-likeness (QED) is 0.673. The van der Waals surface area contributed by atoms with Crippen molar-refractivity contribution in [1.82, 2.24) is 4.57 Å². The molecule has 0 saturated heterocycles. The number of thiazole rings is 1. The highest BCUT2D eigenvalue weighted by molar-refractivity contribution is 7.09. The van der Waals surface area contributed by atoms with Crippen LogP contribution in [0.15, 0.2) is 29.3 Å². The Morgan fingerprint density at radius 3 is 2.31 bits per heavy atom. The van der Waals surface area contributed by atoms with Crippen molar-refractivity contribution in [3.05, 3.63) is 50.8 Å². The third-order valence-corrected chi connectivity index (χ3v) is 5.50.